The fraction of sp³-hybridized carbons (Fsp3) is 0.950. The fourth-order valence-corrected chi connectivity index (χ4v) is 3.74. The van der Waals surface area contributed by atoms with E-state index in [1.54, 1.807) is 0 Å². The summed E-state index contributed by atoms with van der Waals surface area (Å²) in [6, 6.07) is 0. The summed E-state index contributed by atoms with van der Waals surface area (Å²) in [6.07, 6.45) is 5.32. The minimum atomic E-state index is -0.355. The molecule has 1 aliphatic heterocycles. The Hall–Kier alpha value is -0.410. The van der Waals surface area contributed by atoms with Crippen molar-refractivity contribution in [2.75, 3.05) is 13.2 Å². The lowest BCUT2D eigenvalue weighted by atomic mass is 9.92. The van der Waals surface area contributed by atoms with Gasteiger partial charge in [-0.15, -0.1) is 0 Å². The topological polar surface area (TPSA) is 35.5 Å². The number of hydrogen-bond acceptors (Lipinski definition) is 3. The Morgan fingerprint density at radius 2 is 1.39 bits per heavy atom. The molecule has 1 heterocycles. The second-order valence-corrected chi connectivity index (χ2v) is 6.86. The first-order chi connectivity index (χ1) is 11.0. The summed E-state index contributed by atoms with van der Waals surface area (Å²) in [5.74, 6) is 1.05. The van der Waals surface area contributed by atoms with Gasteiger partial charge in [-0.05, 0) is 24.7 Å². The number of carbonyl (C=O) groups excluding carboxylic acids is 1. The number of carbonyl (C=O) groups is 1. The van der Waals surface area contributed by atoms with Crippen molar-refractivity contribution < 1.29 is 14.3 Å². The molecular weight excluding hydrogens is 288 g/mol. The fourth-order valence-electron chi connectivity index (χ4n) is 3.74. The van der Waals surface area contributed by atoms with E-state index in [0.717, 1.165) is 38.8 Å². The van der Waals surface area contributed by atoms with Crippen molar-refractivity contribution in [2.24, 2.45) is 23.2 Å². The zero-order valence-corrected chi connectivity index (χ0v) is 16.8. The van der Waals surface area contributed by atoms with Crippen LogP contribution in [0, 0.1) is 23.2 Å². The standard InChI is InChI=1S/C14H22O3.3C2H6/c1-13(2)8-16-14(17-9-13)5-10-3-4-11(7-15)12(10)6-14;3*1-2/h7,10-12H,3-6,8-9H2,1-2H3;3*1-2H3/t10-,11-,12+;;;/m1.../s1. The second kappa shape index (κ2) is 10.5. The van der Waals surface area contributed by atoms with Crippen LogP contribution in [0.2, 0.25) is 0 Å². The Labute approximate surface area is 144 Å². The SMILES string of the molecule is CC.CC.CC.CC1(C)COC2(C[C@H]3CC[C@H](C=O)[C@H]3C2)OC1. The van der Waals surface area contributed by atoms with Crippen LogP contribution in [-0.4, -0.2) is 25.3 Å². The zero-order chi connectivity index (χ0) is 18.1. The molecule has 0 unspecified atom stereocenters. The van der Waals surface area contributed by atoms with Crippen LogP contribution in [-0.2, 0) is 14.3 Å². The molecule has 0 radical (unpaired) electrons. The minimum absolute atomic E-state index is 0.132. The zero-order valence-electron chi connectivity index (χ0n) is 16.8. The van der Waals surface area contributed by atoms with Gasteiger partial charge in [-0.3, -0.25) is 0 Å². The largest absolute Gasteiger partial charge is 0.349 e. The molecule has 3 fully saturated rings. The van der Waals surface area contributed by atoms with Crippen LogP contribution < -0.4 is 0 Å². The van der Waals surface area contributed by atoms with E-state index >= 15 is 0 Å². The first-order valence-corrected chi connectivity index (χ1v) is 9.77. The molecule has 3 heteroatoms. The molecule has 3 nitrogen and oxygen atoms in total. The van der Waals surface area contributed by atoms with Crippen molar-refractivity contribution in [3.8, 4) is 0 Å². The van der Waals surface area contributed by atoms with Crippen LogP contribution >= 0.6 is 0 Å². The summed E-state index contributed by atoms with van der Waals surface area (Å²) in [6.45, 7) is 17.9. The summed E-state index contributed by atoms with van der Waals surface area (Å²) in [4.78, 5) is 11.0. The predicted molar refractivity (Wildman–Crippen MR) is 97.5 cm³/mol. The lowest BCUT2D eigenvalue weighted by Crippen LogP contribution is -2.46. The average molecular weight is 329 g/mol. The third-order valence-corrected chi connectivity index (χ3v) is 4.77. The highest BCUT2D eigenvalue weighted by Gasteiger charge is 2.54. The molecule has 2 aliphatic carbocycles. The first kappa shape index (κ1) is 22.6. The van der Waals surface area contributed by atoms with Gasteiger partial charge in [-0.1, -0.05) is 55.4 Å². The van der Waals surface area contributed by atoms with Crippen LogP contribution in [0.25, 0.3) is 0 Å². The Bertz CT molecular complexity index is 315. The summed E-state index contributed by atoms with van der Waals surface area (Å²) >= 11 is 0. The number of rotatable bonds is 1. The predicted octanol–water partition coefficient (Wildman–Crippen LogP) is 5.47. The summed E-state index contributed by atoms with van der Waals surface area (Å²) < 4.78 is 12.1. The monoisotopic (exact) mass is 328 g/mol. The molecule has 3 atom stereocenters. The maximum absolute atomic E-state index is 11.0. The maximum atomic E-state index is 11.0. The van der Waals surface area contributed by atoms with Gasteiger partial charge in [0.1, 0.15) is 6.29 Å². The highest BCUT2D eigenvalue weighted by Crippen LogP contribution is 2.54. The van der Waals surface area contributed by atoms with Crippen LogP contribution in [0.4, 0.5) is 0 Å². The maximum Gasteiger partial charge on any atom is 0.168 e. The van der Waals surface area contributed by atoms with Crippen LogP contribution in [0.3, 0.4) is 0 Å². The molecule has 3 rings (SSSR count). The van der Waals surface area contributed by atoms with Gasteiger partial charge in [0, 0.05) is 24.2 Å². The highest BCUT2D eigenvalue weighted by molar-refractivity contribution is 5.55. The smallest absolute Gasteiger partial charge is 0.168 e. The number of hydrogen-bond donors (Lipinski definition) is 0. The van der Waals surface area contributed by atoms with Crippen molar-refractivity contribution in [3.63, 3.8) is 0 Å². The minimum Gasteiger partial charge on any atom is -0.349 e. The molecule has 0 bridgehead atoms. The molecule has 138 valence electrons. The Balaban J connectivity index is 0.000000728. The Kier molecular flexibility index (Phi) is 10.3. The molecule has 0 amide bonds. The molecule has 1 saturated heterocycles. The third-order valence-electron chi connectivity index (χ3n) is 4.77. The van der Waals surface area contributed by atoms with E-state index in [0.29, 0.717) is 11.8 Å². The Morgan fingerprint density at radius 1 is 0.870 bits per heavy atom. The van der Waals surface area contributed by atoms with Gasteiger partial charge in [-0.2, -0.15) is 0 Å². The molecule has 0 aromatic carbocycles. The number of aldehydes is 1. The summed E-state index contributed by atoms with van der Waals surface area (Å²) in [5, 5.41) is 0. The van der Waals surface area contributed by atoms with Crippen LogP contribution in [0.5, 0.6) is 0 Å². The lowest BCUT2D eigenvalue weighted by molar-refractivity contribution is -0.297. The van der Waals surface area contributed by atoms with E-state index in [4.69, 9.17) is 9.47 Å². The van der Waals surface area contributed by atoms with Crippen molar-refractivity contribution in [2.45, 2.75) is 86.9 Å². The molecular formula is C20H40O3. The molecule has 23 heavy (non-hydrogen) atoms. The van der Waals surface area contributed by atoms with Gasteiger partial charge >= 0.3 is 0 Å². The van der Waals surface area contributed by atoms with E-state index in [-0.39, 0.29) is 17.1 Å². The van der Waals surface area contributed by atoms with Crippen molar-refractivity contribution in [3.05, 3.63) is 0 Å². The second-order valence-electron chi connectivity index (χ2n) is 6.86. The van der Waals surface area contributed by atoms with Crippen molar-refractivity contribution in [1.82, 2.24) is 0 Å². The van der Waals surface area contributed by atoms with Crippen LogP contribution in [0.1, 0.15) is 81.1 Å². The number of ether oxygens (including phenoxy) is 2. The van der Waals surface area contributed by atoms with E-state index in [9.17, 15) is 4.79 Å². The Morgan fingerprint density at radius 3 is 1.87 bits per heavy atom. The lowest BCUT2D eigenvalue weighted by Gasteiger charge is -2.42. The van der Waals surface area contributed by atoms with Crippen molar-refractivity contribution >= 4 is 6.29 Å². The molecule has 0 aromatic heterocycles. The molecule has 0 N–H and O–H groups in total. The van der Waals surface area contributed by atoms with Gasteiger partial charge in [0.15, 0.2) is 5.79 Å². The van der Waals surface area contributed by atoms with Gasteiger partial charge < -0.3 is 14.3 Å². The number of fused-ring (bicyclic) bond motifs is 1. The first-order valence-electron chi connectivity index (χ1n) is 9.77. The summed E-state index contributed by atoms with van der Waals surface area (Å²) in [7, 11) is 0. The van der Waals surface area contributed by atoms with Gasteiger partial charge in [0.25, 0.3) is 0 Å². The van der Waals surface area contributed by atoms with E-state index < -0.39 is 0 Å². The quantitative estimate of drug-likeness (QED) is 0.599. The molecule has 3 aliphatic rings. The van der Waals surface area contributed by atoms with Gasteiger partial charge in [0.05, 0.1) is 13.2 Å². The molecule has 2 saturated carbocycles. The molecule has 1 spiro atoms. The third kappa shape index (κ3) is 5.56. The van der Waals surface area contributed by atoms with Gasteiger partial charge in [-0.25, -0.2) is 0 Å². The van der Waals surface area contributed by atoms with Crippen LogP contribution in [0.15, 0.2) is 0 Å². The summed E-state index contributed by atoms with van der Waals surface area (Å²) in [5.41, 5.74) is 0.132. The van der Waals surface area contributed by atoms with E-state index in [1.165, 1.54) is 6.42 Å². The highest BCUT2D eigenvalue weighted by atomic mass is 16.7. The van der Waals surface area contributed by atoms with E-state index in [1.807, 2.05) is 41.5 Å². The van der Waals surface area contributed by atoms with E-state index in [2.05, 4.69) is 13.8 Å². The normalized spacial score (nSPS) is 32.3. The average Bonchev–Trinajstić information content (AvgIpc) is 3.14. The molecule has 0 aromatic rings. The van der Waals surface area contributed by atoms with Crippen molar-refractivity contribution in [1.29, 1.82) is 0 Å². The van der Waals surface area contributed by atoms with Gasteiger partial charge in [0.2, 0.25) is 0 Å².